The van der Waals surface area contributed by atoms with E-state index in [1.165, 1.54) is 5.56 Å². The molecule has 0 bridgehead atoms. The highest BCUT2D eigenvalue weighted by Gasteiger charge is 2.16. The zero-order valence-corrected chi connectivity index (χ0v) is 18.3. The average molecular weight is 496 g/mol. The van der Waals surface area contributed by atoms with Crippen molar-refractivity contribution in [3.63, 3.8) is 0 Å². The van der Waals surface area contributed by atoms with E-state index in [4.69, 9.17) is 14.2 Å². The Hall–Kier alpha value is -1.84. The van der Waals surface area contributed by atoms with Crippen LogP contribution >= 0.6 is 22.6 Å². The van der Waals surface area contributed by atoms with Crippen molar-refractivity contribution in [1.29, 1.82) is 0 Å². The summed E-state index contributed by atoms with van der Waals surface area (Å²) in [6, 6.07) is 11.9. The summed E-state index contributed by atoms with van der Waals surface area (Å²) < 4.78 is 16.8. The van der Waals surface area contributed by atoms with Crippen molar-refractivity contribution >= 4 is 28.5 Å². The molecule has 0 aliphatic carbocycles. The van der Waals surface area contributed by atoms with Crippen LogP contribution in [0, 0.1) is 3.57 Å². The molecule has 1 saturated heterocycles. The van der Waals surface area contributed by atoms with Gasteiger partial charge in [0.25, 0.3) is 5.91 Å². The predicted octanol–water partition coefficient (Wildman–Crippen LogP) is 3.07. The van der Waals surface area contributed by atoms with Gasteiger partial charge in [-0.2, -0.15) is 0 Å². The number of amides is 1. The standard InChI is InChI=1S/C21H25IN2O4/c1-26-19-11-17(18(22)12-20(19)27-2)21(25)23-13-15-4-3-5-16(10-15)14-24-6-8-28-9-7-24/h3-5,10-12H,6-9,13-14H2,1-2H3,(H,23,25). The molecule has 0 saturated carbocycles. The lowest BCUT2D eigenvalue weighted by Gasteiger charge is -2.26. The van der Waals surface area contributed by atoms with Gasteiger partial charge in [0, 0.05) is 29.7 Å². The van der Waals surface area contributed by atoms with Crippen LogP contribution in [0.25, 0.3) is 0 Å². The second-order valence-corrected chi connectivity index (χ2v) is 7.74. The molecule has 28 heavy (non-hydrogen) atoms. The van der Waals surface area contributed by atoms with Gasteiger partial charge < -0.3 is 19.5 Å². The highest BCUT2D eigenvalue weighted by molar-refractivity contribution is 14.1. The lowest BCUT2D eigenvalue weighted by Crippen LogP contribution is -2.35. The molecule has 1 fully saturated rings. The van der Waals surface area contributed by atoms with Gasteiger partial charge in [-0.1, -0.05) is 24.3 Å². The molecule has 7 heteroatoms. The third-order valence-electron chi connectivity index (χ3n) is 4.67. The van der Waals surface area contributed by atoms with Crippen LogP contribution < -0.4 is 14.8 Å². The van der Waals surface area contributed by atoms with Gasteiger partial charge in [0.1, 0.15) is 0 Å². The summed E-state index contributed by atoms with van der Waals surface area (Å²) in [6.45, 7) is 4.87. The third-order valence-corrected chi connectivity index (χ3v) is 5.56. The first kappa shape index (κ1) is 20.9. The Morgan fingerprint density at radius 3 is 2.50 bits per heavy atom. The highest BCUT2D eigenvalue weighted by atomic mass is 127. The molecule has 1 aliphatic rings. The third kappa shape index (κ3) is 5.36. The number of hydrogen-bond donors (Lipinski definition) is 1. The summed E-state index contributed by atoms with van der Waals surface area (Å²) >= 11 is 2.14. The Bertz CT molecular complexity index is 822. The molecule has 0 spiro atoms. The van der Waals surface area contributed by atoms with E-state index in [2.05, 4.69) is 44.9 Å². The first-order valence-electron chi connectivity index (χ1n) is 9.18. The number of hydrogen-bond acceptors (Lipinski definition) is 5. The van der Waals surface area contributed by atoms with Crippen molar-refractivity contribution < 1.29 is 19.0 Å². The molecule has 1 N–H and O–H groups in total. The number of morpholine rings is 1. The van der Waals surface area contributed by atoms with Gasteiger partial charge in [0.2, 0.25) is 0 Å². The van der Waals surface area contributed by atoms with Gasteiger partial charge in [-0.05, 0) is 45.9 Å². The number of rotatable bonds is 7. The Morgan fingerprint density at radius 2 is 1.79 bits per heavy atom. The van der Waals surface area contributed by atoms with E-state index in [1.54, 1.807) is 26.4 Å². The molecule has 1 heterocycles. The van der Waals surface area contributed by atoms with Gasteiger partial charge in [0.15, 0.2) is 11.5 Å². The van der Waals surface area contributed by atoms with Crippen molar-refractivity contribution in [2.75, 3.05) is 40.5 Å². The van der Waals surface area contributed by atoms with E-state index in [-0.39, 0.29) is 5.91 Å². The number of ether oxygens (including phenoxy) is 3. The van der Waals surface area contributed by atoms with Crippen LogP contribution in [0.5, 0.6) is 11.5 Å². The normalized spacial score (nSPS) is 14.5. The molecule has 0 radical (unpaired) electrons. The van der Waals surface area contributed by atoms with Crippen molar-refractivity contribution in [2.45, 2.75) is 13.1 Å². The highest BCUT2D eigenvalue weighted by Crippen LogP contribution is 2.31. The zero-order chi connectivity index (χ0) is 19.9. The minimum Gasteiger partial charge on any atom is -0.493 e. The molecular weight excluding hydrogens is 471 g/mol. The maximum Gasteiger partial charge on any atom is 0.252 e. The first-order valence-corrected chi connectivity index (χ1v) is 10.3. The molecule has 2 aromatic rings. The molecule has 0 aromatic heterocycles. The number of benzene rings is 2. The fraction of sp³-hybridized carbons (Fsp3) is 0.381. The van der Waals surface area contributed by atoms with Gasteiger partial charge >= 0.3 is 0 Å². The second kappa shape index (κ2) is 10.1. The monoisotopic (exact) mass is 496 g/mol. The average Bonchev–Trinajstić information content (AvgIpc) is 2.72. The van der Waals surface area contributed by atoms with Crippen molar-refractivity contribution in [3.8, 4) is 11.5 Å². The van der Waals surface area contributed by atoms with Crippen LogP contribution in [0.3, 0.4) is 0 Å². The Balaban J connectivity index is 1.64. The summed E-state index contributed by atoms with van der Waals surface area (Å²) in [5.74, 6) is 1.02. The number of halogens is 1. The number of methoxy groups -OCH3 is 2. The number of carbonyl (C=O) groups excluding carboxylic acids is 1. The van der Waals surface area contributed by atoms with Crippen molar-refractivity contribution in [1.82, 2.24) is 10.2 Å². The molecule has 6 nitrogen and oxygen atoms in total. The Labute approximate surface area is 179 Å². The van der Waals surface area contributed by atoms with Gasteiger partial charge in [-0.25, -0.2) is 0 Å². The van der Waals surface area contributed by atoms with Gasteiger partial charge in [-0.3, -0.25) is 9.69 Å². The van der Waals surface area contributed by atoms with E-state index in [1.807, 2.05) is 12.1 Å². The predicted molar refractivity (Wildman–Crippen MR) is 116 cm³/mol. The minimum atomic E-state index is -0.135. The van der Waals surface area contributed by atoms with Crippen LogP contribution in [-0.2, 0) is 17.8 Å². The van der Waals surface area contributed by atoms with Crippen LogP contribution in [0.4, 0.5) is 0 Å². The number of nitrogens with one attached hydrogen (secondary N) is 1. The molecule has 150 valence electrons. The van der Waals surface area contributed by atoms with Crippen LogP contribution in [0.15, 0.2) is 36.4 Å². The summed E-state index contributed by atoms with van der Waals surface area (Å²) in [5, 5.41) is 3.00. The van der Waals surface area contributed by atoms with E-state index in [9.17, 15) is 4.79 Å². The quantitative estimate of drug-likeness (QED) is 0.598. The van der Waals surface area contributed by atoms with Crippen LogP contribution in [-0.4, -0.2) is 51.3 Å². The van der Waals surface area contributed by atoms with E-state index < -0.39 is 0 Å². The lowest BCUT2D eigenvalue weighted by atomic mass is 10.1. The molecule has 0 atom stereocenters. The SMILES string of the molecule is COc1cc(I)c(C(=O)NCc2cccc(CN3CCOCC3)c2)cc1OC. The summed E-state index contributed by atoms with van der Waals surface area (Å²) in [5.41, 5.74) is 2.90. The fourth-order valence-electron chi connectivity index (χ4n) is 3.16. The fourth-order valence-corrected chi connectivity index (χ4v) is 3.84. The first-order chi connectivity index (χ1) is 13.6. The summed E-state index contributed by atoms with van der Waals surface area (Å²) in [6.07, 6.45) is 0. The molecule has 2 aromatic carbocycles. The van der Waals surface area contributed by atoms with Crippen LogP contribution in [0.2, 0.25) is 0 Å². The molecular formula is C21H25IN2O4. The smallest absolute Gasteiger partial charge is 0.252 e. The van der Waals surface area contributed by atoms with Gasteiger partial charge in [0.05, 0.1) is 33.0 Å². The molecule has 0 unspecified atom stereocenters. The zero-order valence-electron chi connectivity index (χ0n) is 16.2. The maximum absolute atomic E-state index is 12.7. The Morgan fingerprint density at radius 1 is 1.11 bits per heavy atom. The number of nitrogens with zero attached hydrogens (tertiary/aromatic N) is 1. The minimum absolute atomic E-state index is 0.135. The summed E-state index contributed by atoms with van der Waals surface area (Å²) in [7, 11) is 3.14. The van der Waals surface area contributed by atoms with E-state index in [0.29, 0.717) is 23.6 Å². The van der Waals surface area contributed by atoms with Crippen molar-refractivity contribution in [3.05, 3.63) is 56.7 Å². The lowest BCUT2D eigenvalue weighted by molar-refractivity contribution is 0.0342. The molecule has 3 rings (SSSR count). The largest absolute Gasteiger partial charge is 0.493 e. The van der Waals surface area contributed by atoms with Gasteiger partial charge in [-0.15, -0.1) is 0 Å². The van der Waals surface area contributed by atoms with Crippen LogP contribution in [0.1, 0.15) is 21.5 Å². The number of carbonyl (C=O) groups is 1. The Kier molecular flexibility index (Phi) is 7.52. The van der Waals surface area contributed by atoms with E-state index >= 15 is 0 Å². The molecule has 1 aliphatic heterocycles. The second-order valence-electron chi connectivity index (χ2n) is 6.58. The summed E-state index contributed by atoms with van der Waals surface area (Å²) in [4.78, 5) is 15.1. The van der Waals surface area contributed by atoms with E-state index in [0.717, 1.165) is 42.0 Å². The molecule has 1 amide bonds. The van der Waals surface area contributed by atoms with Crippen molar-refractivity contribution in [2.24, 2.45) is 0 Å². The topological polar surface area (TPSA) is 60.0 Å². The maximum atomic E-state index is 12.7.